The number of nitrogens with zero attached hydrogens (tertiary/aromatic N) is 2. The van der Waals surface area contributed by atoms with E-state index in [1.807, 2.05) is 12.1 Å². The third-order valence-electron chi connectivity index (χ3n) is 2.35. The molecule has 1 heterocycles. The summed E-state index contributed by atoms with van der Waals surface area (Å²) in [5.41, 5.74) is 1.20. The third kappa shape index (κ3) is 4.21. The van der Waals surface area contributed by atoms with E-state index in [0.717, 1.165) is 5.56 Å². The van der Waals surface area contributed by atoms with Crippen molar-refractivity contribution in [2.75, 3.05) is 0 Å². The Bertz CT molecular complexity index is 629. The molecule has 0 amide bonds. The van der Waals surface area contributed by atoms with Crippen LogP contribution in [0.5, 0.6) is 5.75 Å². The molecule has 0 spiro atoms. The molecule has 0 atom stereocenters. The number of pyridine rings is 1. The molecule has 0 radical (unpaired) electrons. The summed E-state index contributed by atoms with van der Waals surface area (Å²) in [5.74, 6) is 0.694. The van der Waals surface area contributed by atoms with Crippen LogP contribution in [-0.2, 0) is 5.75 Å². The fourth-order valence-corrected chi connectivity index (χ4v) is 2.36. The Balaban J connectivity index is 2.01. The molecule has 0 saturated carbocycles. The highest BCUT2D eigenvalue weighted by molar-refractivity contribution is 7.98. The molecule has 0 aliphatic carbocycles. The summed E-state index contributed by atoms with van der Waals surface area (Å²) in [5, 5.41) is 9.47. The van der Waals surface area contributed by atoms with Crippen molar-refractivity contribution in [1.82, 2.24) is 4.98 Å². The van der Waals surface area contributed by atoms with Gasteiger partial charge < -0.3 is 4.74 Å². The van der Waals surface area contributed by atoms with E-state index in [0.29, 0.717) is 16.5 Å². The van der Waals surface area contributed by atoms with Crippen LogP contribution in [0, 0.1) is 11.3 Å². The van der Waals surface area contributed by atoms with Gasteiger partial charge >= 0.3 is 6.61 Å². The topological polar surface area (TPSA) is 45.9 Å². The number of rotatable bonds is 5. The van der Waals surface area contributed by atoms with Gasteiger partial charge in [-0.2, -0.15) is 14.0 Å². The predicted octanol–water partition coefficient (Wildman–Crippen LogP) is 3.85. The van der Waals surface area contributed by atoms with Gasteiger partial charge in [0.25, 0.3) is 0 Å². The lowest BCUT2D eigenvalue weighted by Crippen LogP contribution is -2.01. The number of nitriles is 1. The minimum Gasteiger partial charge on any atom is -0.435 e. The largest absolute Gasteiger partial charge is 0.435 e. The van der Waals surface area contributed by atoms with Gasteiger partial charge in [0, 0.05) is 5.75 Å². The predicted molar refractivity (Wildman–Crippen MR) is 71.6 cm³/mol. The van der Waals surface area contributed by atoms with Crippen LogP contribution in [0.3, 0.4) is 0 Å². The van der Waals surface area contributed by atoms with Crippen molar-refractivity contribution in [1.29, 1.82) is 5.26 Å². The summed E-state index contributed by atoms with van der Waals surface area (Å²) in [6, 6.07) is 13.7. The molecule has 6 heteroatoms. The molecule has 0 aliphatic rings. The number of ether oxygens (including phenoxy) is 1. The molecule has 102 valence electrons. The Morgan fingerprint density at radius 3 is 2.80 bits per heavy atom. The van der Waals surface area contributed by atoms with Crippen LogP contribution in [0.2, 0.25) is 0 Å². The maximum atomic E-state index is 12.1. The second kappa shape index (κ2) is 6.87. The van der Waals surface area contributed by atoms with Gasteiger partial charge in [-0.1, -0.05) is 18.2 Å². The van der Waals surface area contributed by atoms with Crippen molar-refractivity contribution in [2.45, 2.75) is 17.4 Å². The number of hydrogen-bond donors (Lipinski definition) is 0. The summed E-state index contributed by atoms with van der Waals surface area (Å²) >= 11 is 1.43. The van der Waals surface area contributed by atoms with Gasteiger partial charge in [-0.3, -0.25) is 0 Å². The first-order valence-corrected chi connectivity index (χ1v) is 6.69. The Labute approximate surface area is 119 Å². The SMILES string of the molecule is N#Cc1cccc(SCc2cccc(OC(F)F)c2)n1. The summed E-state index contributed by atoms with van der Waals surface area (Å²) in [6.45, 7) is -2.83. The first-order valence-electron chi connectivity index (χ1n) is 5.71. The molecule has 0 bridgehead atoms. The Morgan fingerprint density at radius 2 is 2.05 bits per heavy atom. The number of halogens is 2. The van der Waals surface area contributed by atoms with Gasteiger partial charge in [0.05, 0.1) is 5.03 Å². The molecule has 0 fully saturated rings. The monoisotopic (exact) mass is 292 g/mol. The molecular formula is C14H10F2N2OS. The van der Waals surface area contributed by atoms with Gasteiger partial charge in [-0.25, -0.2) is 4.98 Å². The number of hydrogen-bond acceptors (Lipinski definition) is 4. The zero-order valence-corrected chi connectivity index (χ0v) is 11.1. The highest BCUT2D eigenvalue weighted by Crippen LogP contribution is 2.24. The zero-order valence-electron chi connectivity index (χ0n) is 10.3. The fraction of sp³-hybridized carbons (Fsp3) is 0.143. The standard InChI is InChI=1S/C14H10F2N2OS/c15-14(16)19-12-5-1-3-10(7-12)9-20-13-6-2-4-11(8-17)18-13/h1-7,14H,9H2. The summed E-state index contributed by atoms with van der Waals surface area (Å²) < 4.78 is 28.6. The van der Waals surface area contributed by atoms with Gasteiger partial charge in [-0.05, 0) is 29.8 Å². The van der Waals surface area contributed by atoms with E-state index < -0.39 is 6.61 Å². The van der Waals surface area contributed by atoms with E-state index in [4.69, 9.17) is 5.26 Å². The molecule has 2 aromatic rings. The molecule has 1 aromatic heterocycles. The van der Waals surface area contributed by atoms with Gasteiger partial charge in [-0.15, -0.1) is 11.8 Å². The average Bonchev–Trinajstić information content (AvgIpc) is 2.45. The van der Waals surface area contributed by atoms with Crippen LogP contribution >= 0.6 is 11.8 Å². The summed E-state index contributed by atoms with van der Waals surface area (Å²) in [6.07, 6.45) is 0. The van der Waals surface area contributed by atoms with Crippen molar-refractivity contribution in [2.24, 2.45) is 0 Å². The molecule has 0 aliphatic heterocycles. The van der Waals surface area contributed by atoms with Crippen LogP contribution in [0.25, 0.3) is 0 Å². The van der Waals surface area contributed by atoms with Gasteiger partial charge in [0.15, 0.2) is 0 Å². The lowest BCUT2D eigenvalue weighted by atomic mass is 10.2. The third-order valence-corrected chi connectivity index (χ3v) is 3.35. The minimum atomic E-state index is -2.83. The molecule has 1 aromatic carbocycles. The first-order chi connectivity index (χ1) is 9.67. The maximum absolute atomic E-state index is 12.1. The number of aromatic nitrogens is 1. The van der Waals surface area contributed by atoms with Gasteiger partial charge in [0.2, 0.25) is 0 Å². The van der Waals surface area contributed by atoms with Crippen molar-refractivity contribution in [3.05, 3.63) is 53.7 Å². The quantitative estimate of drug-likeness (QED) is 0.785. The molecule has 0 saturated heterocycles. The molecule has 2 rings (SSSR count). The van der Waals surface area contributed by atoms with E-state index in [-0.39, 0.29) is 5.75 Å². The van der Waals surface area contributed by atoms with Crippen molar-refractivity contribution >= 4 is 11.8 Å². The molecule has 0 unspecified atom stereocenters. The van der Waals surface area contributed by atoms with Crippen LogP contribution in [-0.4, -0.2) is 11.6 Å². The Hall–Kier alpha value is -2.13. The lowest BCUT2D eigenvalue weighted by Gasteiger charge is -2.06. The van der Waals surface area contributed by atoms with Crippen molar-refractivity contribution < 1.29 is 13.5 Å². The van der Waals surface area contributed by atoms with E-state index >= 15 is 0 Å². The molecule has 20 heavy (non-hydrogen) atoms. The smallest absolute Gasteiger partial charge is 0.387 e. The Morgan fingerprint density at radius 1 is 1.25 bits per heavy atom. The second-order valence-electron chi connectivity index (χ2n) is 3.79. The zero-order chi connectivity index (χ0) is 14.4. The van der Waals surface area contributed by atoms with Crippen molar-refractivity contribution in [3.63, 3.8) is 0 Å². The number of thioether (sulfide) groups is 1. The second-order valence-corrected chi connectivity index (χ2v) is 4.78. The highest BCUT2D eigenvalue weighted by Gasteiger charge is 2.05. The number of alkyl halides is 2. The van der Waals surface area contributed by atoms with Crippen molar-refractivity contribution in [3.8, 4) is 11.8 Å². The maximum Gasteiger partial charge on any atom is 0.387 e. The van der Waals surface area contributed by atoms with Crippen LogP contribution < -0.4 is 4.74 Å². The summed E-state index contributed by atoms with van der Waals surface area (Å²) in [7, 11) is 0. The van der Waals surface area contributed by atoms with E-state index in [1.54, 1.807) is 30.3 Å². The normalized spacial score (nSPS) is 10.3. The van der Waals surface area contributed by atoms with E-state index in [2.05, 4.69) is 9.72 Å². The minimum absolute atomic E-state index is 0.136. The average molecular weight is 292 g/mol. The van der Waals surface area contributed by atoms with Crippen LogP contribution in [0.15, 0.2) is 47.5 Å². The molecule has 0 N–H and O–H groups in total. The fourth-order valence-electron chi connectivity index (χ4n) is 1.53. The number of benzene rings is 1. The van der Waals surface area contributed by atoms with Crippen LogP contribution in [0.1, 0.15) is 11.3 Å². The van der Waals surface area contributed by atoms with Crippen LogP contribution in [0.4, 0.5) is 8.78 Å². The molecular weight excluding hydrogens is 282 g/mol. The summed E-state index contributed by atoms with van der Waals surface area (Å²) in [4.78, 5) is 4.13. The highest BCUT2D eigenvalue weighted by atomic mass is 32.2. The van der Waals surface area contributed by atoms with E-state index in [1.165, 1.54) is 17.8 Å². The van der Waals surface area contributed by atoms with E-state index in [9.17, 15) is 8.78 Å². The van der Waals surface area contributed by atoms with Gasteiger partial charge in [0.1, 0.15) is 17.5 Å². The lowest BCUT2D eigenvalue weighted by molar-refractivity contribution is -0.0498. The first kappa shape index (κ1) is 14.3. The Kier molecular flexibility index (Phi) is 4.91. The molecule has 3 nitrogen and oxygen atoms in total.